The van der Waals surface area contributed by atoms with Crippen molar-refractivity contribution in [3.05, 3.63) is 29.8 Å². The summed E-state index contributed by atoms with van der Waals surface area (Å²) in [7, 11) is 0. The Hall–Kier alpha value is -1.40. The third-order valence-electron chi connectivity index (χ3n) is 2.62. The maximum absolute atomic E-state index is 13.3. The second-order valence-corrected chi connectivity index (χ2v) is 4.87. The van der Waals surface area contributed by atoms with E-state index in [0.29, 0.717) is 12.8 Å². The molecular weight excluding hydrogens is 302 g/mol. The molecule has 21 heavy (non-hydrogen) atoms. The van der Waals surface area contributed by atoms with Crippen molar-refractivity contribution >= 4 is 18.3 Å². The first-order valence-electron chi connectivity index (χ1n) is 6.51. The molecule has 0 bridgehead atoms. The molecule has 1 amide bonds. The van der Waals surface area contributed by atoms with E-state index in [2.05, 4.69) is 5.32 Å². The first-order chi connectivity index (χ1) is 9.38. The van der Waals surface area contributed by atoms with E-state index in [-0.39, 0.29) is 42.8 Å². The van der Waals surface area contributed by atoms with Gasteiger partial charge >= 0.3 is 0 Å². The number of rotatable bonds is 7. The molecule has 4 nitrogen and oxygen atoms in total. The zero-order chi connectivity index (χ0) is 15.1. The summed E-state index contributed by atoms with van der Waals surface area (Å²) in [5.74, 6) is -1.59. The molecule has 0 aliphatic rings. The molecule has 3 N–H and O–H groups in total. The minimum Gasteiger partial charge on any atom is -0.488 e. The van der Waals surface area contributed by atoms with Crippen LogP contribution in [0.3, 0.4) is 0 Å². The predicted molar refractivity (Wildman–Crippen MR) is 79.6 cm³/mol. The average molecular weight is 323 g/mol. The van der Waals surface area contributed by atoms with Crippen LogP contribution in [-0.4, -0.2) is 24.6 Å². The molecule has 0 aliphatic carbocycles. The van der Waals surface area contributed by atoms with Crippen molar-refractivity contribution in [1.29, 1.82) is 0 Å². The number of benzene rings is 1. The van der Waals surface area contributed by atoms with Crippen molar-refractivity contribution in [2.24, 2.45) is 5.73 Å². The number of hydrogen-bond donors (Lipinski definition) is 2. The highest BCUT2D eigenvalue weighted by molar-refractivity contribution is 5.85. The third-order valence-corrected chi connectivity index (χ3v) is 2.62. The molecule has 0 fully saturated rings. The Morgan fingerprint density at radius 3 is 2.62 bits per heavy atom. The Labute approximate surface area is 129 Å². The Bertz CT molecular complexity index is 459. The Morgan fingerprint density at radius 2 is 2.05 bits per heavy atom. The summed E-state index contributed by atoms with van der Waals surface area (Å²) in [4.78, 5) is 11.5. The Kier molecular flexibility index (Phi) is 8.89. The molecule has 0 radical (unpaired) electrons. The average Bonchev–Trinajstić information content (AvgIpc) is 2.35. The predicted octanol–water partition coefficient (Wildman–Crippen LogP) is 2.40. The van der Waals surface area contributed by atoms with Gasteiger partial charge in [-0.25, -0.2) is 8.78 Å². The topological polar surface area (TPSA) is 64.4 Å². The molecule has 120 valence electrons. The van der Waals surface area contributed by atoms with Crippen LogP contribution in [0.5, 0.6) is 5.75 Å². The van der Waals surface area contributed by atoms with Gasteiger partial charge in [0.25, 0.3) is 0 Å². The lowest BCUT2D eigenvalue weighted by Crippen LogP contribution is -2.37. The van der Waals surface area contributed by atoms with Gasteiger partial charge in [-0.2, -0.15) is 0 Å². The number of hydrogen-bond acceptors (Lipinski definition) is 3. The summed E-state index contributed by atoms with van der Waals surface area (Å²) in [5.41, 5.74) is 5.56. The second-order valence-electron chi connectivity index (χ2n) is 4.87. The maximum Gasteiger partial charge on any atom is 0.220 e. The van der Waals surface area contributed by atoms with Gasteiger partial charge in [0.15, 0.2) is 11.6 Å². The van der Waals surface area contributed by atoms with Gasteiger partial charge in [-0.05, 0) is 32.4 Å². The van der Waals surface area contributed by atoms with Crippen molar-refractivity contribution in [3.8, 4) is 5.75 Å². The van der Waals surface area contributed by atoms with Crippen LogP contribution in [0, 0.1) is 11.6 Å². The van der Waals surface area contributed by atoms with Gasteiger partial charge in [0, 0.05) is 18.5 Å². The lowest BCUT2D eigenvalue weighted by Gasteiger charge is -2.15. The van der Waals surface area contributed by atoms with Crippen LogP contribution in [0.1, 0.15) is 26.7 Å². The molecular formula is C14H21ClF2N2O2. The van der Waals surface area contributed by atoms with Gasteiger partial charge < -0.3 is 15.8 Å². The van der Waals surface area contributed by atoms with Gasteiger partial charge in [0.05, 0.1) is 6.04 Å². The fourth-order valence-electron chi connectivity index (χ4n) is 1.55. The number of amides is 1. The maximum atomic E-state index is 13.3. The van der Waals surface area contributed by atoms with Crippen LogP contribution in [-0.2, 0) is 4.79 Å². The van der Waals surface area contributed by atoms with Crippen LogP contribution in [0.4, 0.5) is 8.78 Å². The highest BCUT2D eigenvalue weighted by Gasteiger charge is 2.11. The van der Waals surface area contributed by atoms with Crippen molar-refractivity contribution in [2.75, 3.05) is 6.61 Å². The van der Waals surface area contributed by atoms with Crippen molar-refractivity contribution in [3.63, 3.8) is 0 Å². The molecule has 0 heterocycles. The van der Waals surface area contributed by atoms with E-state index in [0.717, 1.165) is 12.1 Å². The van der Waals surface area contributed by atoms with Crippen molar-refractivity contribution in [1.82, 2.24) is 5.32 Å². The van der Waals surface area contributed by atoms with Crippen molar-refractivity contribution in [2.45, 2.75) is 38.8 Å². The SMILES string of the molecule is CC(N)CCC(=O)NC(C)COc1ccc(F)cc1F.Cl. The molecule has 0 aromatic heterocycles. The monoisotopic (exact) mass is 322 g/mol. The number of nitrogens with two attached hydrogens (primary N) is 1. The molecule has 0 saturated carbocycles. The summed E-state index contributed by atoms with van der Waals surface area (Å²) < 4.78 is 31.2. The van der Waals surface area contributed by atoms with Crippen LogP contribution >= 0.6 is 12.4 Å². The number of carbonyl (C=O) groups excluding carboxylic acids is 1. The lowest BCUT2D eigenvalue weighted by molar-refractivity contribution is -0.122. The lowest BCUT2D eigenvalue weighted by atomic mass is 10.2. The highest BCUT2D eigenvalue weighted by atomic mass is 35.5. The molecule has 2 atom stereocenters. The number of nitrogens with one attached hydrogen (secondary N) is 1. The Balaban J connectivity index is 0.00000400. The van der Waals surface area contributed by atoms with Crippen LogP contribution in [0.2, 0.25) is 0 Å². The van der Waals surface area contributed by atoms with E-state index in [1.54, 1.807) is 6.92 Å². The van der Waals surface area contributed by atoms with Gasteiger partial charge in [-0.15, -0.1) is 12.4 Å². The fourth-order valence-corrected chi connectivity index (χ4v) is 1.55. The first kappa shape index (κ1) is 19.6. The summed E-state index contributed by atoms with van der Waals surface area (Å²) >= 11 is 0. The highest BCUT2D eigenvalue weighted by Crippen LogP contribution is 2.17. The summed E-state index contributed by atoms with van der Waals surface area (Å²) in [6, 6.07) is 2.78. The minimum atomic E-state index is -0.763. The number of halogens is 3. The first-order valence-corrected chi connectivity index (χ1v) is 6.51. The summed E-state index contributed by atoms with van der Waals surface area (Å²) in [5, 5.41) is 2.72. The van der Waals surface area contributed by atoms with Gasteiger partial charge in [-0.1, -0.05) is 0 Å². The minimum absolute atomic E-state index is 0. The summed E-state index contributed by atoms with van der Waals surface area (Å²) in [6.45, 7) is 3.68. The van der Waals surface area contributed by atoms with Crippen molar-refractivity contribution < 1.29 is 18.3 Å². The van der Waals surface area contributed by atoms with E-state index in [1.165, 1.54) is 6.07 Å². The van der Waals surface area contributed by atoms with Gasteiger partial charge in [-0.3, -0.25) is 4.79 Å². The van der Waals surface area contributed by atoms with Gasteiger partial charge in [0.2, 0.25) is 5.91 Å². The van der Waals surface area contributed by atoms with Crippen LogP contribution < -0.4 is 15.8 Å². The molecule has 0 saturated heterocycles. The quantitative estimate of drug-likeness (QED) is 0.810. The molecule has 0 spiro atoms. The van der Waals surface area contributed by atoms with Crippen LogP contribution in [0.25, 0.3) is 0 Å². The van der Waals surface area contributed by atoms with Gasteiger partial charge in [0.1, 0.15) is 12.4 Å². The normalized spacial score (nSPS) is 13.0. The van der Waals surface area contributed by atoms with E-state index >= 15 is 0 Å². The number of carbonyl (C=O) groups is 1. The third kappa shape index (κ3) is 7.82. The molecule has 1 rings (SSSR count). The van der Waals surface area contributed by atoms with E-state index in [9.17, 15) is 13.6 Å². The van der Waals surface area contributed by atoms with E-state index in [4.69, 9.17) is 10.5 Å². The molecule has 1 aromatic rings. The van der Waals surface area contributed by atoms with E-state index in [1.807, 2.05) is 6.92 Å². The fraction of sp³-hybridized carbons (Fsp3) is 0.500. The van der Waals surface area contributed by atoms with Crippen LogP contribution in [0.15, 0.2) is 18.2 Å². The largest absolute Gasteiger partial charge is 0.488 e. The molecule has 1 aromatic carbocycles. The molecule has 0 aliphatic heterocycles. The second kappa shape index (κ2) is 9.52. The zero-order valence-corrected chi connectivity index (χ0v) is 12.9. The summed E-state index contributed by atoms with van der Waals surface area (Å²) in [6.07, 6.45) is 0.943. The Morgan fingerprint density at radius 1 is 1.38 bits per heavy atom. The smallest absolute Gasteiger partial charge is 0.220 e. The number of ether oxygens (including phenoxy) is 1. The zero-order valence-electron chi connectivity index (χ0n) is 12.1. The molecule has 2 unspecified atom stereocenters. The van der Waals surface area contributed by atoms with E-state index < -0.39 is 11.6 Å². The standard InChI is InChI=1S/C14H20F2N2O2.ClH/c1-9(17)3-6-14(19)18-10(2)8-20-13-5-4-11(15)7-12(13)16;/h4-5,7,9-10H,3,6,8,17H2,1-2H3,(H,18,19);1H. The molecule has 7 heteroatoms.